The Kier molecular flexibility index (Phi) is 54.9. The normalized spacial score (nSPS) is 11.5. The molecule has 1 N–H and O–H groups in total. The molecule has 0 unspecified atom stereocenters. The Bertz CT molecular complexity index is 1140. The molecular formula is C60H117N3O8S2. The van der Waals surface area contributed by atoms with E-state index in [2.05, 4.69) is 33.0 Å². The number of amides is 2. The molecule has 0 aromatic carbocycles. The first kappa shape index (κ1) is 71.1. The molecule has 0 saturated heterocycles. The molecular weight excluding hydrogens is 955 g/mol. The monoisotopic (exact) mass is 1070 g/mol. The third-order valence-electron chi connectivity index (χ3n) is 13.7. The fraction of sp³-hybridized carbons (Fsp3) is 0.933. The minimum Gasteiger partial charge on any atom is -0.462 e. The standard InChI is InChI=1S/C60H117N3O8S2/c1-7-11-15-19-25-33-41-55(42-34-26-20-16-12-8-2)70-57(64)45-37-29-23-31-39-48-63(60(67)69-52-54-73-72-53-51-68-59(66)61-47-50-62(5)6)49-40-32-24-30-38-46-58(65)71-56(43-35-27-21-17-13-9-3)44-36-28-22-18-14-10-4/h55-56H,7-54H2,1-6H3,(H,61,66). The molecule has 0 bridgehead atoms. The Labute approximate surface area is 458 Å². The van der Waals surface area contributed by atoms with E-state index in [4.69, 9.17) is 18.9 Å². The van der Waals surface area contributed by atoms with Crippen LogP contribution in [-0.4, -0.2) is 111 Å². The molecule has 0 spiro atoms. The number of unbranched alkanes of at least 4 members (excludes halogenated alkanes) is 28. The zero-order chi connectivity index (χ0) is 53.5. The van der Waals surface area contributed by atoms with Gasteiger partial charge in [-0.2, -0.15) is 0 Å². The topological polar surface area (TPSA) is 124 Å². The highest BCUT2D eigenvalue weighted by atomic mass is 33.1. The molecule has 13 heteroatoms. The molecule has 0 rings (SSSR count). The highest BCUT2D eigenvalue weighted by Gasteiger charge is 2.18. The van der Waals surface area contributed by atoms with Crippen LogP contribution in [0.4, 0.5) is 9.59 Å². The predicted octanol–water partition coefficient (Wildman–Crippen LogP) is 17.6. The van der Waals surface area contributed by atoms with Gasteiger partial charge in [0.1, 0.15) is 25.4 Å². The molecule has 2 amide bonds. The Hall–Kier alpha value is -1.86. The van der Waals surface area contributed by atoms with E-state index in [-0.39, 0.29) is 30.2 Å². The van der Waals surface area contributed by atoms with Crippen LogP contribution in [0, 0.1) is 0 Å². The van der Waals surface area contributed by atoms with E-state index in [9.17, 15) is 19.2 Å². The van der Waals surface area contributed by atoms with E-state index in [1.165, 1.54) is 128 Å². The number of rotatable bonds is 56. The maximum Gasteiger partial charge on any atom is 0.409 e. The summed E-state index contributed by atoms with van der Waals surface area (Å²) in [6.45, 7) is 12.3. The van der Waals surface area contributed by atoms with Gasteiger partial charge in [-0.3, -0.25) is 9.59 Å². The summed E-state index contributed by atoms with van der Waals surface area (Å²) in [5.41, 5.74) is 0. The van der Waals surface area contributed by atoms with Gasteiger partial charge in [-0.25, -0.2) is 9.59 Å². The van der Waals surface area contributed by atoms with E-state index in [1.807, 2.05) is 23.9 Å². The van der Waals surface area contributed by atoms with E-state index in [0.29, 0.717) is 57.2 Å². The van der Waals surface area contributed by atoms with E-state index in [0.717, 1.165) is 122 Å². The summed E-state index contributed by atoms with van der Waals surface area (Å²) in [7, 11) is 7.13. The molecule has 0 heterocycles. The van der Waals surface area contributed by atoms with E-state index in [1.54, 1.807) is 21.6 Å². The highest BCUT2D eigenvalue weighted by molar-refractivity contribution is 8.76. The zero-order valence-electron chi connectivity index (χ0n) is 48.6. The number of carbonyl (C=O) groups excluding carboxylic acids is 4. The van der Waals surface area contributed by atoms with Crippen molar-refractivity contribution in [3.63, 3.8) is 0 Å². The molecule has 0 aromatic heterocycles. The maximum atomic E-state index is 13.4. The molecule has 0 aliphatic heterocycles. The van der Waals surface area contributed by atoms with Gasteiger partial charge in [0.2, 0.25) is 0 Å². The lowest BCUT2D eigenvalue weighted by Crippen LogP contribution is -2.34. The average molecular weight is 1070 g/mol. The summed E-state index contributed by atoms with van der Waals surface area (Å²) in [5.74, 6) is 1.24. The van der Waals surface area contributed by atoms with Crippen LogP contribution >= 0.6 is 21.6 Å². The van der Waals surface area contributed by atoms with Gasteiger partial charge in [0, 0.05) is 50.5 Å². The summed E-state index contributed by atoms with van der Waals surface area (Å²) in [4.78, 5) is 55.0. The second kappa shape index (κ2) is 56.3. The van der Waals surface area contributed by atoms with Crippen LogP contribution in [-0.2, 0) is 28.5 Å². The number of carbonyl (C=O) groups is 4. The van der Waals surface area contributed by atoms with Crippen molar-refractivity contribution in [3.05, 3.63) is 0 Å². The molecule has 73 heavy (non-hydrogen) atoms. The quantitative estimate of drug-likeness (QED) is 0.0271. The number of alkyl carbamates (subject to hydrolysis) is 1. The van der Waals surface area contributed by atoms with Crippen LogP contribution in [0.25, 0.3) is 0 Å². The minimum absolute atomic E-state index is 0.0366. The Morgan fingerprint density at radius 3 is 1.11 bits per heavy atom. The largest absolute Gasteiger partial charge is 0.462 e. The van der Waals surface area contributed by atoms with Crippen LogP contribution < -0.4 is 5.32 Å². The smallest absolute Gasteiger partial charge is 0.409 e. The third-order valence-corrected chi connectivity index (χ3v) is 16.0. The lowest BCUT2D eigenvalue weighted by atomic mass is 10.0. The molecule has 0 fully saturated rings. The van der Waals surface area contributed by atoms with Crippen molar-refractivity contribution in [2.24, 2.45) is 0 Å². The molecule has 0 atom stereocenters. The van der Waals surface area contributed by atoms with Gasteiger partial charge in [0.15, 0.2) is 0 Å². The summed E-state index contributed by atoms with van der Waals surface area (Å²) in [6, 6.07) is 0. The van der Waals surface area contributed by atoms with Crippen molar-refractivity contribution >= 4 is 45.7 Å². The summed E-state index contributed by atoms with van der Waals surface area (Å²) in [6.07, 6.45) is 44.0. The second-order valence-corrected chi connectivity index (χ2v) is 23.8. The van der Waals surface area contributed by atoms with E-state index < -0.39 is 6.09 Å². The Morgan fingerprint density at radius 1 is 0.411 bits per heavy atom. The first-order chi connectivity index (χ1) is 35.7. The number of hydrogen-bond donors (Lipinski definition) is 1. The summed E-state index contributed by atoms with van der Waals surface area (Å²) in [5, 5.41) is 2.75. The Balaban J connectivity index is 4.90. The lowest BCUT2D eigenvalue weighted by molar-refractivity contribution is -0.151. The molecule has 11 nitrogen and oxygen atoms in total. The van der Waals surface area contributed by atoms with Gasteiger partial charge < -0.3 is 34.1 Å². The molecule has 0 aliphatic rings. The molecule has 432 valence electrons. The number of nitrogens with one attached hydrogen (secondary N) is 1. The van der Waals surface area contributed by atoms with Crippen LogP contribution in [0.3, 0.4) is 0 Å². The fourth-order valence-corrected chi connectivity index (χ4v) is 10.7. The van der Waals surface area contributed by atoms with Crippen molar-refractivity contribution in [1.82, 2.24) is 15.1 Å². The minimum atomic E-state index is -0.399. The van der Waals surface area contributed by atoms with Crippen LogP contribution in [0.1, 0.15) is 285 Å². The van der Waals surface area contributed by atoms with Crippen molar-refractivity contribution < 1.29 is 38.1 Å². The maximum absolute atomic E-state index is 13.4. The van der Waals surface area contributed by atoms with Gasteiger partial charge in [-0.1, -0.05) is 216 Å². The number of likely N-dealkylation sites (N-methyl/N-ethyl adjacent to an activating group) is 1. The Morgan fingerprint density at radius 2 is 0.740 bits per heavy atom. The molecule has 0 aromatic rings. The average Bonchev–Trinajstić information content (AvgIpc) is 3.37. The summed E-state index contributed by atoms with van der Waals surface area (Å²) < 4.78 is 23.2. The lowest BCUT2D eigenvalue weighted by Gasteiger charge is -2.22. The third kappa shape index (κ3) is 52.0. The van der Waals surface area contributed by atoms with Crippen molar-refractivity contribution in [2.75, 3.05) is 65.0 Å². The first-order valence-corrected chi connectivity index (χ1v) is 33.3. The van der Waals surface area contributed by atoms with Crippen molar-refractivity contribution in [1.29, 1.82) is 0 Å². The van der Waals surface area contributed by atoms with Crippen LogP contribution in [0.15, 0.2) is 0 Å². The molecule has 0 radical (unpaired) electrons. The number of ether oxygens (including phenoxy) is 4. The molecule has 0 aliphatic carbocycles. The van der Waals surface area contributed by atoms with Crippen LogP contribution in [0.5, 0.6) is 0 Å². The number of esters is 2. The van der Waals surface area contributed by atoms with Gasteiger partial charge in [0.25, 0.3) is 0 Å². The summed E-state index contributed by atoms with van der Waals surface area (Å²) >= 11 is 0. The second-order valence-electron chi connectivity index (χ2n) is 21.1. The van der Waals surface area contributed by atoms with Crippen molar-refractivity contribution in [3.8, 4) is 0 Å². The van der Waals surface area contributed by atoms with Gasteiger partial charge in [-0.15, -0.1) is 0 Å². The van der Waals surface area contributed by atoms with Gasteiger partial charge in [-0.05, 0) is 91.1 Å². The van der Waals surface area contributed by atoms with Crippen molar-refractivity contribution in [2.45, 2.75) is 297 Å². The SMILES string of the molecule is CCCCCCCCC(CCCCCCCC)OC(=O)CCCCCCCN(CCCCCCCC(=O)OC(CCCCCCCC)CCCCCCCC)C(=O)OCCSSCCOC(=O)NCCN(C)C. The number of hydrogen-bond acceptors (Lipinski definition) is 11. The van der Waals surface area contributed by atoms with E-state index >= 15 is 0 Å². The first-order valence-electron chi connectivity index (χ1n) is 30.8. The fourth-order valence-electron chi connectivity index (χ4n) is 9.10. The molecule has 0 saturated carbocycles. The van der Waals surface area contributed by atoms with Gasteiger partial charge >= 0.3 is 24.1 Å². The zero-order valence-corrected chi connectivity index (χ0v) is 50.2. The predicted molar refractivity (Wildman–Crippen MR) is 313 cm³/mol. The van der Waals surface area contributed by atoms with Crippen LogP contribution in [0.2, 0.25) is 0 Å². The van der Waals surface area contributed by atoms with Gasteiger partial charge in [0.05, 0.1) is 0 Å². The number of nitrogens with zero attached hydrogens (tertiary/aromatic N) is 2. The highest BCUT2D eigenvalue weighted by Crippen LogP contribution is 2.22.